The van der Waals surface area contributed by atoms with Crippen LogP contribution in [0.2, 0.25) is 5.02 Å². The lowest BCUT2D eigenvalue weighted by Gasteiger charge is -2.20. The summed E-state index contributed by atoms with van der Waals surface area (Å²) in [6.45, 7) is 4.62. The largest absolute Gasteiger partial charge is 0.321 e. The van der Waals surface area contributed by atoms with Gasteiger partial charge in [0.2, 0.25) is 0 Å². The standard InChI is InChI=1S/C19H20ClN5O/c1-14-5-6-16(12-17(14)20)23-19(26)25-9-3-8-24(10-11-25)18-15(13-21)4-2-7-22-18/h2,4-7,12H,3,8-11H2,1H3,(H,23,26)/p+1. The number of nitrogens with zero attached hydrogens (tertiary/aromatic N) is 3. The molecule has 134 valence electrons. The number of aromatic amines is 1. The van der Waals surface area contributed by atoms with E-state index in [1.165, 1.54) is 0 Å². The molecule has 1 aromatic heterocycles. The van der Waals surface area contributed by atoms with E-state index in [2.05, 4.69) is 21.3 Å². The van der Waals surface area contributed by atoms with Crippen LogP contribution in [-0.2, 0) is 0 Å². The van der Waals surface area contributed by atoms with E-state index in [4.69, 9.17) is 11.6 Å². The van der Waals surface area contributed by atoms with Gasteiger partial charge in [-0.15, -0.1) is 0 Å². The molecule has 0 aliphatic carbocycles. The smallest absolute Gasteiger partial charge is 0.320 e. The van der Waals surface area contributed by atoms with E-state index in [0.29, 0.717) is 35.9 Å². The van der Waals surface area contributed by atoms with Gasteiger partial charge in [-0.25, -0.2) is 9.78 Å². The first-order chi connectivity index (χ1) is 12.6. The monoisotopic (exact) mass is 370 g/mol. The molecule has 1 aliphatic heterocycles. The van der Waals surface area contributed by atoms with Crippen LogP contribution in [0.3, 0.4) is 0 Å². The van der Waals surface area contributed by atoms with Crippen LogP contribution in [0, 0.1) is 18.3 Å². The highest BCUT2D eigenvalue weighted by Crippen LogP contribution is 2.21. The predicted molar refractivity (Wildman–Crippen MR) is 101 cm³/mol. The van der Waals surface area contributed by atoms with E-state index >= 15 is 0 Å². The maximum atomic E-state index is 12.6. The Morgan fingerprint density at radius 1 is 1.27 bits per heavy atom. The number of hydrogen-bond acceptors (Lipinski definition) is 3. The molecule has 0 unspecified atom stereocenters. The molecular formula is C19H21ClN5O+. The number of amides is 2. The van der Waals surface area contributed by atoms with Crippen LogP contribution >= 0.6 is 11.6 Å². The Kier molecular flexibility index (Phi) is 5.59. The van der Waals surface area contributed by atoms with Gasteiger partial charge in [-0.1, -0.05) is 17.7 Å². The van der Waals surface area contributed by atoms with E-state index in [9.17, 15) is 10.1 Å². The van der Waals surface area contributed by atoms with Crippen LogP contribution in [0.4, 0.5) is 16.3 Å². The molecule has 2 aromatic rings. The minimum absolute atomic E-state index is 0.135. The number of urea groups is 1. The van der Waals surface area contributed by atoms with Gasteiger partial charge < -0.3 is 10.2 Å². The van der Waals surface area contributed by atoms with Crippen molar-refractivity contribution in [2.24, 2.45) is 0 Å². The fourth-order valence-corrected chi connectivity index (χ4v) is 3.18. The Morgan fingerprint density at radius 2 is 2.12 bits per heavy atom. The third-order valence-corrected chi connectivity index (χ3v) is 4.88. The summed E-state index contributed by atoms with van der Waals surface area (Å²) in [7, 11) is 0. The highest BCUT2D eigenvalue weighted by Gasteiger charge is 2.26. The van der Waals surface area contributed by atoms with Gasteiger partial charge in [0.15, 0.2) is 0 Å². The van der Waals surface area contributed by atoms with Crippen molar-refractivity contribution in [3.63, 3.8) is 0 Å². The Morgan fingerprint density at radius 3 is 2.88 bits per heavy atom. The topological polar surface area (TPSA) is 73.5 Å². The molecule has 2 heterocycles. The lowest BCUT2D eigenvalue weighted by molar-refractivity contribution is -0.364. The van der Waals surface area contributed by atoms with Crippen LogP contribution < -0.4 is 15.2 Å². The minimum atomic E-state index is -0.135. The zero-order chi connectivity index (χ0) is 18.5. The first-order valence-corrected chi connectivity index (χ1v) is 8.94. The van der Waals surface area contributed by atoms with Crippen molar-refractivity contribution in [1.29, 1.82) is 5.26 Å². The van der Waals surface area contributed by atoms with E-state index in [-0.39, 0.29) is 6.03 Å². The number of pyridine rings is 1. The number of nitriles is 1. The molecule has 3 rings (SSSR count). The molecule has 0 spiro atoms. The fraction of sp³-hybridized carbons (Fsp3) is 0.316. The van der Waals surface area contributed by atoms with Gasteiger partial charge in [-0.2, -0.15) is 5.26 Å². The number of halogens is 1. The SMILES string of the molecule is Cc1ccc(NC(=O)N2CCCN(c3[nH+]cccc3C#N)CC2)cc1Cl. The number of carbonyl (C=O) groups excluding carboxylic acids is 1. The lowest BCUT2D eigenvalue weighted by atomic mass is 10.2. The number of aromatic nitrogens is 1. The summed E-state index contributed by atoms with van der Waals surface area (Å²) < 4.78 is 0. The van der Waals surface area contributed by atoms with Crippen molar-refractivity contribution in [3.8, 4) is 6.07 Å². The van der Waals surface area contributed by atoms with Crippen molar-refractivity contribution >= 4 is 29.1 Å². The second-order valence-corrected chi connectivity index (χ2v) is 6.67. The molecule has 2 N–H and O–H groups in total. The second-order valence-electron chi connectivity index (χ2n) is 6.27. The molecule has 7 heteroatoms. The molecule has 0 atom stereocenters. The van der Waals surface area contributed by atoms with Crippen LogP contribution in [0.1, 0.15) is 17.5 Å². The molecule has 1 aliphatic rings. The zero-order valence-electron chi connectivity index (χ0n) is 14.6. The molecule has 0 saturated carbocycles. The van der Waals surface area contributed by atoms with Crippen molar-refractivity contribution in [3.05, 3.63) is 52.7 Å². The number of aryl methyl sites for hydroxylation is 1. The van der Waals surface area contributed by atoms with Crippen LogP contribution in [0.25, 0.3) is 0 Å². The summed E-state index contributed by atoms with van der Waals surface area (Å²) in [4.78, 5) is 19.6. The van der Waals surface area contributed by atoms with E-state index in [1.807, 2.05) is 31.3 Å². The van der Waals surface area contributed by atoms with E-state index in [0.717, 1.165) is 24.3 Å². The predicted octanol–water partition coefficient (Wildman–Crippen LogP) is 3.08. The maximum absolute atomic E-state index is 12.6. The quantitative estimate of drug-likeness (QED) is 0.882. The third kappa shape index (κ3) is 4.06. The van der Waals surface area contributed by atoms with Crippen molar-refractivity contribution in [2.75, 3.05) is 36.4 Å². The Bertz CT molecular complexity index is 848. The highest BCUT2D eigenvalue weighted by molar-refractivity contribution is 6.31. The molecule has 0 bridgehead atoms. The minimum Gasteiger partial charge on any atom is -0.320 e. The number of nitrogens with one attached hydrogen (secondary N) is 2. The molecule has 6 nitrogen and oxygen atoms in total. The summed E-state index contributed by atoms with van der Waals surface area (Å²) in [5.74, 6) is 0.808. The normalized spacial score (nSPS) is 14.5. The molecular weight excluding hydrogens is 350 g/mol. The van der Waals surface area contributed by atoms with Crippen molar-refractivity contribution < 1.29 is 9.78 Å². The van der Waals surface area contributed by atoms with Gasteiger partial charge >= 0.3 is 6.03 Å². The average molecular weight is 371 g/mol. The first-order valence-electron chi connectivity index (χ1n) is 8.56. The molecule has 26 heavy (non-hydrogen) atoms. The van der Waals surface area contributed by atoms with Gasteiger partial charge in [0.1, 0.15) is 18.2 Å². The molecule has 1 fully saturated rings. The van der Waals surface area contributed by atoms with E-state index < -0.39 is 0 Å². The third-order valence-electron chi connectivity index (χ3n) is 4.48. The highest BCUT2D eigenvalue weighted by atomic mass is 35.5. The summed E-state index contributed by atoms with van der Waals surface area (Å²) in [6.07, 6.45) is 2.64. The lowest BCUT2D eigenvalue weighted by Crippen LogP contribution is -2.39. The van der Waals surface area contributed by atoms with Crippen LogP contribution in [-0.4, -0.2) is 37.1 Å². The molecule has 0 radical (unpaired) electrons. The number of H-pyrrole nitrogens is 1. The Labute approximate surface area is 158 Å². The van der Waals surface area contributed by atoms with Crippen molar-refractivity contribution in [1.82, 2.24) is 4.90 Å². The summed E-state index contributed by atoms with van der Waals surface area (Å²) in [6, 6.07) is 11.2. The second kappa shape index (κ2) is 8.07. The van der Waals surface area contributed by atoms with Gasteiger partial charge in [-0.05, 0) is 36.8 Å². The summed E-state index contributed by atoms with van der Waals surface area (Å²) in [5, 5.41) is 12.8. The maximum Gasteiger partial charge on any atom is 0.321 e. The van der Waals surface area contributed by atoms with Gasteiger partial charge in [0.25, 0.3) is 5.82 Å². The number of benzene rings is 1. The fourth-order valence-electron chi connectivity index (χ4n) is 3.00. The van der Waals surface area contributed by atoms with E-state index in [1.54, 1.807) is 17.0 Å². The Hall–Kier alpha value is -2.78. The first kappa shape index (κ1) is 18.0. The molecule has 1 aromatic carbocycles. The number of rotatable bonds is 2. The Balaban J connectivity index is 1.65. The van der Waals surface area contributed by atoms with Gasteiger partial charge in [0.05, 0.1) is 19.3 Å². The number of carbonyl (C=O) groups is 1. The van der Waals surface area contributed by atoms with Crippen LogP contribution in [0.15, 0.2) is 36.5 Å². The number of anilines is 2. The van der Waals surface area contributed by atoms with Gasteiger partial charge in [0, 0.05) is 23.7 Å². The van der Waals surface area contributed by atoms with Crippen LogP contribution in [0.5, 0.6) is 0 Å². The molecule has 1 saturated heterocycles. The average Bonchev–Trinajstić information content (AvgIpc) is 2.91. The summed E-state index contributed by atoms with van der Waals surface area (Å²) in [5.41, 5.74) is 2.28. The van der Waals surface area contributed by atoms with Gasteiger partial charge in [-0.3, -0.25) is 4.90 Å². The van der Waals surface area contributed by atoms with Crippen molar-refractivity contribution in [2.45, 2.75) is 13.3 Å². The number of hydrogen-bond donors (Lipinski definition) is 1. The zero-order valence-corrected chi connectivity index (χ0v) is 15.4. The summed E-state index contributed by atoms with van der Waals surface area (Å²) >= 11 is 6.12. The molecule has 2 amide bonds.